The van der Waals surface area contributed by atoms with Gasteiger partial charge in [0.25, 0.3) is 0 Å². The van der Waals surface area contributed by atoms with Crippen molar-refractivity contribution in [2.24, 2.45) is 11.8 Å². The van der Waals surface area contributed by atoms with Crippen molar-refractivity contribution in [2.45, 2.75) is 25.7 Å². The average Bonchev–Trinajstić information content (AvgIpc) is 2.19. The summed E-state index contributed by atoms with van der Waals surface area (Å²) in [5.41, 5.74) is 1.03. The highest BCUT2D eigenvalue weighted by molar-refractivity contribution is 9.10. The molecule has 1 aliphatic rings. The Morgan fingerprint density at radius 2 is 2.24 bits per heavy atom. The maximum absolute atomic E-state index is 11.3. The third-order valence-electron chi connectivity index (χ3n) is 3.48. The minimum atomic E-state index is -0.680. The number of rotatable bonds is 4. The maximum atomic E-state index is 11.3. The predicted octanol–water partition coefficient (Wildman–Crippen LogP) is 4.15. The van der Waals surface area contributed by atoms with Crippen LogP contribution in [0.25, 0.3) is 0 Å². The van der Waals surface area contributed by atoms with Gasteiger partial charge < -0.3 is 5.11 Å². The Labute approximate surface area is 114 Å². The van der Waals surface area contributed by atoms with E-state index in [1.807, 2.05) is 12.1 Å². The third-order valence-corrected chi connectivity index (χ3v) is 4.69. The smallest absolute Gasteiger partial charge is 0.307 e. The molecule has 1 aromatic rings. The summed E-state index contributed by atoms with van der Waals surface area (Å²) in [6.07, 6.45) is 3.85. The van der Waals surface area contributed by atoms with Crippen LogP contribution in [-0.2, 0) is 11.2 Å². The summed E-state index contributed by atoms with van der Waals surface area (Å²) in [6, 6.07) is 5.62. The minimum absolute atomic E-state index is 0.253. The van der Waals surface area contributed by atoms with Gasteiger partial charge in [0, 0.05) is 4.47 Å². The van der Waals surface area contributed by atoms with Gasteiger partial charge in [-0.25, -0.2) is 0 Å². The van der Waals surface area contributed by atoms with Crippen LogP contribution >= 0.6 is 27.5 Å². The van der Waals surface area contributed by atoms with Gasteiger partial charge in [-0.3, -0.25) is 4.79 Å². The molecule has 1 N–H and O–H groups in total. The van der Waals surface area contributed by atoms with Crippen molar-refractivity contribution < 1.29 is 9.90 Å². The highest BCUT2D eigenvalue weighted by Gasteiger charge is 2.32. The number of carboxylic acids is 1. The zero-order chi connectivity index (χ0) is 12.4. The van der Waals surface area contributed by atoms with Gasteiger partial charge in [0.05, 0.1) is 10.9 Å². The molecule has 2 rings (SSSR count). The van der Waals surface area contributed by atoms with E-state index in [1.54, 1.807) is 6.07 Å². The molecule has 0 spiro atoms. The third kappa shape index (κ3) is 3.02. The highest BCUT2D eigenvalue weighted by atomic mass is 79.9. The molecule has 92 valence electrons. The van der Waals surface area contributed by atoms with E-state index in [2.05, 4.69) is 15.9 Å². The van der Waals surface area contributed by atoms with E-state index in [-0.39, 0.29) is 5.92 Å². The first-order valence-corrected chi connectivity index (χ1v) is 6.91. The first-order chi connectivity index (χ1) is 8.08. The number of benzene rings is 1. The van der Waals surface area contributed by atoms with Gasteiger partial charge in [-0.1, -0.05) is 24.1 Å². The molecular weight excluding hydrogens is 303 g/mol. The maximum Gasteiger partial charge on any atom is 0.307 e. The quantitative estimate of drug-likeness (QED) is 0.906. The summed E-state index contributed by atoms with van der Waals surface area (Å²) < 4.78 is 0.828. The Morgan fingerprint density at radius 1 is 1.53 bits per heavy atom. The summed E-state index contributed by atoms with van der Waals surface area (Å²) in [7, 11) is 0. The normalized spacial score (nSPS) is 17.5. The second kappa shape index (κ2) is 5.40. The second-order valence-corrected chi connectivity index (χ2v) is 5.85. The second-order valence-electron chi connectivity index (χ2n) is 4.59. The van der Waals surface area contributed by atoms with Crippen molar-refractivity contribution in [3.8, 4) is 0 Å². The molecule has 17 heavy (non-hydrogen) atoms. The highest BCUT2D eigenvalue weighted by Crippen LogP contribution is 2.36. The lowest BCUT2D eigenvalue weighted by Crippen LogP contribution is -2.30. The Hall–Kier alpha value is -0.540. The molecule has 4 heteroatoms. The summed E-state index contributed by atoms with van der Waals surface area (Å²) in [5.74, 6) is -0.584. The van der Waals surface area contributed by atoms with Gasteiger partial charge in [0.2, 0.25) is 0 Å². The van der Waals surface area contributed by atoms with Gasteiger partial charge in [0.1, 0.15) is 0 Å². The summed E-state index contributed by atoms with van der Waals surface area (Å²) >= 11 is 9.28. The first-order valence-electron chi connectivity index (χ1n) is 5.74. The number of hydrogen-bond acceptors (Lipinski definition) is 1. The fourth-order valence-corrected chi connectivity index (χ4v) is 2.76. The molecule has 1 aliphatic carbocycles. The largest absolute Gasteiger partial charge is 0.481 e. The van der Waals surface area contributed by atoms with Gasteiger partial charge in [-0.15, -0.1) is 0 Å². The van der Waals surface area contributed by atoms with Crippen molar-refractivity contribution in [3.05, 3.63) is 33.3 Å². The van der Waals surface area contributed by atoms with Crippen molar-refractivity contribution in [1.29, 1.82) is 0 Å². The lowest BCUT2D eigenvalue weighted by atomic mass is 9.73. The van der Waals surface area contributed by atoms with Crippen LogP contribution in [-0.4, -0.2) is 11.1 Å². The van der Waals surface area contributed by atoms with Crippen molar-refractivity contribution in [1.82, 2.24) is 0 Å². The van der Waals surface area contributed by atoms with Crippen molar-refractivity contribution in [2.75, 3.05) is 0 Å². The van der Waals surface area contributed by atoms with Gasteiger partial charge in [-0.2, -0.15) is 0 Å². The number of hydrogen-bond donors (Lipinski definition) is 1. The van der Waals surface area contributed by atoms with E-state index < -0.39 is 5.97 Å². The number of carboxylic acid groups (broad SMARTS) is 1. The van der Waals surface area contributed by atoms with E-state index in [1.165, 1.54) is 6.42 Å². The molecule has 1 fully saturated rings. The molecule has 1 saturated carbocycles. The van der Waals surface area contributed by atoms with Crippen LogP contribution in [0.4, 0.5) is 0 Å². The van der Waals surface area contributed by atoms with Crippen LogP contribution in [0.5, 0.6) is 0 Å². The monoisotopic (exact) mass is 316 g/mol. The molecule has 0 aromatic heterocycles. The van der Waals surface area contributed by atoms with Crippen LogP contribution in [0.2, 0.25) is 5.02 Å². The minimum Gasteiger partial charge on any atom is -0.481 e. The molecule has 0 radical (unpaired) electrons. The molecule has 2 nitrogen and oxygen atoms in total. The van der Waals surface area contributed by atoms with E-state index >= 15 is 0 Å². The summed E-state index contributed by atoms with van der Waals surface area (Å²) in [6.45, 7) is 0. The molecule has 0 aliphatic heterocycles. The topological polar surface area (TPSA) is 37.3 Å². The molecular formula is C13H14BrClO2. The molecule has 0 heterocycles. The number of halogens is 2. The van der Waals surface area contributed by atoms with Crippen LogP contribution in [0, 0.1) is 11.8 Å². The van der Waals surface area contributed by atoms with Gasteiger partial charge >= 0.3 is 5.97 Å². The molecule has 0 amide bonds. The lowest BCUT2D eigenvalue weighted by Gasteiger charge is -2.31. The Kier molecular flexibility index (Phi) is 4.10. The Bertz CT molecular complexity index is 429. The number of carbonyl (C=O) groups is 1. The molecule has 0 saturated heterocycles. The fraction of sp³-hybridized carbons (Fsp3) is 0.462. The van der Waals surface area contributed by atoms with Crippen LogP contribution < -0.4 is 0 Å². The predicted molar refractivity (Wildman–Crippen MR) is 71.3 cm³/mol. The molecule has 1 atom stereocenters. The van der Waals surface area contributed by atoms with E-state index in [0.29, 0.717) is 17.4 Å². The molecule has 1 aromatic carbocycles. The summed E-state index contributed by atoms with van der Waals surface area (Å²) in [4.78, 5) is 11.3. The fourth-order valence-electron chi connectivity index (χ4n) is 2.22. The van der Waals surface area contributed by atoms with Crippen LogP contribution in [0.3, 0.4) is 0 Å². The first kappa shape index (κ1) is 12.9. The SMILES string of the molecule is O=C(O)C(Cc1ccc(Cl)c(Br)c1)C1CCC1. The van der Waals surface area contributed by atoms with Crippen molar-refractivity contribution >= 4 is 33.5 Å². The zero-order valence-electron chi connectivity index (χ0n) is 9.33. The standard InChI is InChI=1S/C13H14BrClO2/c14-11-7-8(4-5-12(11)15)6-10(13(16)17)9-2-1-3-9/h4-5,7,9-10H,1-3,6H2,(H,16,17). The van der Waals surface area contributed by atoms with Crippen LogP contribution in [0.1, 0.15) is 24.8 Å². The number of aliphatic carboxylic acids is 1. The zero-order valence-corrected chi connectivity index (χ0v) is 11.7. The molecule has 0 bridgehead atoms. The van der Waals surface area contributed by atoms with Crippen LogP contribution in [0.15, 0.2) is 22.7 Å². The van der Waals surface area contributed by atoms with Gasteiger partial charge in [-0.05, 0) is 58.8 Å². The van der Waals surface area contributed by atoms with Gasteiger partial charge in [0.15, 0.2) is 0 Å². The van der Waals surface area contributed by atoms with E-state index in [0.717, 1.165) is 22.9 Å². The Morgan fingerprint density at radius 3 is 2.71 bits per heavy atom. The lowest BCUT2D eigenvalue weighted by molar-refractivity contribution is -0.144. The van der Waals surface area contributed by atoms with E-state index in [9.17, 15) is 9.90 Å². The Balaban J connectivity index is 2.11. The molecule has 1 unspecified atom stereocenters. The van der Waals surface area contributed by atoms with E-state index in [4.69, 9.17) is 11.6 Å². The van der Waals surface area contributed by atoms with Crippen molar-refractivity contribution in [3.63, 3.8) is 0 Å². The summed E-state index contributed by atoms with van der Waals surface area (Å²) in [5, 5.41) is 9.91. The average molecular weight is 318 g/mol.